The molecule has 1 aromatic rings. The Morgan fingerprint density at radius 2 is 0.895 bits per heavy atom. The smallest absolute Gasteiger partial charge is 0.460 e. The summed E-state index contributed by atoms with van der Waals surface area (Å²) >= 11 is 4.11. The molecule has 1 N–H and O–H groups in total. The lowest BCUT2D eigenvalue weighted by Crippen LogP contribution is -2.74. The van der Waals surface area contributed by atoms with Gasteiger partial charge in [-0.1, -0.05) is 0 Å². The van der Waals surface area contributed by atoms with Gasteiger partial charge in [0.15, 0.2) is 0 Å². The molecule has 0 amide bonds. The molecule has 0 saturated carbocycles. The fourth-order valence-electron chi connectivity index (χ4n) is 1.89. The number of rotatable bonds is 8. The molecule has 0 radical (unpaired) electrons. The molecule has 224 valence electrons. The van der Waals surface area contributed by atoms with Crippen molar-refractivity contribution in [1.82, 2.24) is 0 Å². The van der Waals surface area contributed by atoms with Gasteiger partial charge < -0.3 is 4.74 Å². The van der Waals surface area contributed by atoms with Crippen LogP contribution in [0.1, 0.15) is 0 Å². The fourth-order valence-corrected chi connectivity index (χ4v) is 2.49. The van der Waals surface area contributed by atoms with Crippen LogP contribution in [0.3, 0.4) is 0 Å². The Labute approximate surface area is 204 Å². The van der Waals surface area contributed by atoms with E-state index in [9.17, 15) is 83.1 Å². The van der Waals surface area contributed by atoms with Crippen LogP contribution in [0.4, 0.5) is 74.6 Å². The first-order chi connectivity index (χ1) is 16.3. The maximum atomic E-state index is 13.0. The van der Waals surface area contributed by atoms with Gasteiger partial charge in [-0.2, -0.15) is 83.1 Å². The summed E-state index contributed by atoms with van der Waals surface area (Å²) in [6.45, 7) is 0. The summed E-state index contributed by atoms with van der Waals surface area (Å²) in [6, 6.07) is 7.54. The van der Waals surface area contributed by atoms with Crippen molar-refractivity contribution in [2.24, 2.45) is 0 Å². The minimum atomic E-state index is -8.89. The molecule has 0 atom stereocenters. The maximum absolute atomic E-state index is 13.0. The first-order valence-electron chi connectivity index (χ1n) is 8.34. The fraction of sp³-hybridized carbons (Fsp3) is 0.600. The van der Waals surface area contributed by atoms with Gasteiger partial charge in [0.1, 0.15) is 5.75 Å². The number of hydrogen-bond acceptors (Lipinski definition) is 4. The highest BCUT2D eigenvalue weighted by atomic mass is 32.2. The predicted molar refractivity (Wildman–Crippen MR) is 92.5 cm³/mol. The van der Waals surface area contributed by atoms with E-state index in [2.05, 4.69) is 12.6 Å². The molecule has 0 aliphatic carbocycles. The Bertz CT molecular complexity index is 1070. The van der Waals surface area contributed by atoms with Gasteiger partial charge in [0.2, 0.25) is 0 Å². The van der Waals surface area contributed by atoms with E-state index in [1.54, 1.807) is 7.11 Å². The quantitative estimate of drug-likeness (QED) is 0.186. The van der Waals surface area contributed by atoms with E-state index in [-0.39, 0.29) is 0 Å². The zero-order chi connectivity index (χ0) is 31.2. The monoisotopic (exact) mass is 640 g/mol. The largest absolute Gasteiger partial charge is 0.497 e. The Hall–Kier alpha value is -1.91. The molecule has 23 heteroatoms. The summed E-state index contributed by atoms with van der Waals surface area (Å²) in [7, 11) is -6.25. The minimum Gasteiger partial charge on any atom is -0.497 e. The third-order valence-electron chi connectivity index (χ3n) is 4.09. The number of hydrogen-bond donors (Lipinski definition) is 2. The molecule has 0 aromatic heterocycles. The van der Waals surface area contributed by atoms with Crippen molar-refractivity contribution in [1.29, 1.82) is 0 Å². The molecule has 0 unspecified atom stereocenters. The summed E-state index contributed by atoms with van der Waals surface area (Å²) in [5, 5.41) is -7.84. The van der Waals surface area contributed by atoms with Crippen LogP contribution in [-0.4, -0.2) is 67.0 Å². The molecule has 4 nitrogen and oxygen atoms in total. The number of methoxy groups -OCH3 is 1. The molecule has 1 aromatic carbocycles. The normalized spacial score (nSPS) is 15.1. The Morgan fingerprint density at radius 1 is 0.605 bits per heavy atom. The van der Waals surface area contributed by atoms with Crippen LogP contribution in [0.25, 0.3) is 0 Å². The van der Waals surface area contributed by atoms with Gasteiger partial charge in [-0.15, -0.1) is 12.6 Å². The zero-order valence-electron chi connectivity index (χ0n) is 17.3. The first kappa shape index (κ1) is 36.1. The summed E-state index contributed by atoms with van der Waals surface area (Å²) in [4.78, 5) is 0.954. The molecular weight excluding hydrogens is 631 g/mol. The Kier molecular flexibility index (Phi) is 9.73. The van der Waals surface area contributed by atoms with E-state index in [1.165, 1.54) is 0 Å². The molecule has 0 aliphatic heterocycles. The van der Waals surface area contributed by atoms with E-state index in [4.69, 9.17) is 9.29 Å². The summed E-state index contributed by atoms with van der Waals surface area (Å²) in [6.07, 6.45) is -7.88. The molecule has 38 heavy (non-hydrogen) atoms. The zero-order valence-corrected chi connectivity index (χ0v) is 19.0. The Morgan fingerprint density at radius 3 is 1.16 bits per heavy atom. The molecule has 0 spiro atoms. The first-order valence-corrected chi connectivity index (χ1v) is 10.2. The second-order valence-corrected chi connectivity index (χ2v) is 8.61. The van der Waals surface area contributed by atoms with Crippen LogP contribution in [0.2, 0.25) is 0 Å². The highest BCUT2D eigenvalue weighted by molar-refractivity contribution is 7.87. The van der Waals surface area contributed by atoms with E-state index in [0.29, 0.717) is 0 Å². The van der Waals surface area contributed by atoms with Crippen LogP contribution >= 0.6 is 12.6 Å². The van der Waals surface area contributed by atoms with Gasteiger partial charge in [-0.25, -0.2) is 0 Å². The van der Waals surface area contributed by atoms with Gasteiger partial charge in [-0.05, 0) is 24.3 Å². The highest BCUT2D eigenvalue weighted by Gasteiger charge is 2.96. The second kappa shape index (κ2) is 10.2. The molecule has 0 aliphatic rings. The molecule has 0 fully saturated rings. The lowest BCUT2D eigenvalue weighted by Gasteiger charge is -2.42. The second-order valence-electron chi connectivity index (χ2n) is 6.63. The SMILES string of the molecule is COc1ccc(S)cc1.O=S(=O)(O)C(F)(F)C(F)(F)C(F)(F)C(F)(F)C(F)(F)C(F)(F)C(F)(F)C(F)(F)F. The summed E-state index contributed by atoms with van der Waals surface area (Å²) in [5.41, 5.74) is 0. The van der Waals surface area contributed by atoms with E-state index >= 15 is 0 Å². The van der Waals surface area contributed by atoms with Gasteiger partial charge in [0.25, 0.3) is 0 Å². The number of benzene rings is 1. The minimum absolute atomic E-state index is 0.868. The third kappa shape index (κ3) is 5.54. The topological polar surface area (TPSA) is 63.6 Å². The average molecular weight is 640 g/mol. The molecular formula is C15H9F17O4S2. The average Bonchev–Trinajstić information content (AvgIpc) is 2.72. The van der Waals surface area contributed by atoms with Crippen LogP contribution in [0.5, 0.6) is 5.75 Å². The van der Waals surface area contributed by atoms with Gasteiger partial charge in [-0.3, -0.25) is 4.55 Å². The number of thiol groups is 1. The van der Waals surface area contributed by atoms with Crippen molar-refractivity contribution in [2.75, 3.05) is 7.11 Å². The van der Waals surface area contributed by atoms with Crippen molar-refractivity contribution in [2.45, 2.75) is 51.9 Å². The Balaban J connectivity index is 0.00000127. The predicted octanol–water partition coefficient (Wildman–Crippen LogP) is 6.83. The van der Waals surface area contributed by atoms with E-state index in [0.717, 1.165) is 10.6 Å². The molecule has 0 heterocycles. The van der Waals surface area contributed by atoms with Crippen LogP contribution in [-0.2, 0) is 10.1 Å². The molecule has 0 saturated heterocycles. The van der Waals surface area contributed by atoms with Crippen LogP contribution in [0.15, 0.2) is 29.2 Å². The number of alkyl halides is 17. The van der Waals surface area contributed by atoms with Crippen LogP contribution < -0.4 is 4.74 Å². The van der Waals surface area contributed by atoms with Crippen molar-refractivity contribution >= 4 is 22.7 Å². The summed E-state index contributed by atoms with van der Waals surface area (Å²) in [5.74, 6) is -51.1. The van der Waals surface area contributed by atoms with Gasteiger partial charge in [0, 0.05) is 4.90 Å². The van der Waals surface area contributed by atoms with Crippen LogP contribution in [0, 0.1) is 0 Å². The lowest BCUT2D eigenvalue weighted by molar-refractivity contribution is -0.458. The number of ether oxygens (including phenoxy) is 1. The molecule has 0 bridgehead atoms. The number of halogens is 17. The molecule has 1 rings (SSSR count). The van der Waals surface area contributed by atoms with E-state index in [1.807, 2.05) is 24.3 Å². The van der Waals surface area contributed by atoms with E-state index < -0.39 is 57.1 Å². The standard InChI is InChI=1S/C8HF17O3S.C7H8OS/c9-1(10,3(13,14)5(17,18)7(21,22)23)2(11,12)4(15,16)6(19,20)8(24,25)29(26,27)28;1-8-6-2-4-7(9)5-3-6/h(H,26,27,28);2-5,9H,1H3. The maximum Gasteiger partial charge on any atom is 0.460 e. The highest BCUT2D eigenvalue weighted by Crippen LogP contribution is 2.64. The van der Waals surface area contributed by atoms with Crippen molar-refractivity contribution in [3.8, 4) is 5.75 Å². The lowest BCUT2D eigenvalue weighted by atomic mass is 9.91. The van der Waals surface area contributed by atoms with Gasteiger partial charge in [0.05, 0.1) is 7.11 Å². The summed E-state index contributed by atoms with van der Waals surface area (Å²) < 4.78 is 247. The third-order valence-corrected chi connectivity index (χ3v) is 5.29. The van der Waals surface area contributed by atoms with Crippen molar-refractivity contribution < 1.29 is 92.3 Å². The van der Waals surface area contributed by atoms with Crippen molar-refractivity contribution in [3.05, 3.63) is 24.3 Å². The van der Waals surface area contributed by atoms with Crippen molar-refractivity contribution in [3.63, 3.8) is 0 Å². The van der Waals surface area contributed by atoms with Gasteiger partial charge >= 0.3 is 57.1 Å².